The van der Waals surface area contributed by atoms with E-state index in [9.17, 15) is 14.9 Å². The van der Waals surface area contributed by atoms with Gasteiger partial charge in [-0.05, 0) is 12.1 Å². The van der Waals surface area contributed by atoms with Crippen molar-refractivity contribution < 1.29 is 14.5 Å². The Kier molecular flexibility index (Phi) is 3.63. The number of carbonyl (C=O) groups is 1. The normalized spacial score (nSPS) is 9.55. The van der Waals surface area contributed by atoms with Crippen LogP contribution in [0.3, 0.4) is 0 Å². The van der Waals surface area contributed by atoms with Gasteiger partial charge in [-0.2, -0.15) is 5.26 Å². The van der Waals surface area contributed by atoms with Gasteiger partial charge in [0.05, 0.1) is 22.1 Å². The van der Waals surface area contributed by atoms with Gasteiger partial charge in [0.2, 0.25) is 5.75 Å². The highest BCUT2D eigenvalue weighted by molar-refractivity contribution is 5.73. The van der Waals surface area contributed by atoms with Gasteiger partial charge in [0.15, 0.2) is 6.29 Å². The molecule has 0 saturated carbocycles. The molecule has 8 heteroatoms. The summed E-state index contributed by atoms with van der Waals surface area (Å²) in [5, 5.41) is 19.6. The summed E-state index contributed by atoms with van der Waals surface area (Å²) in [5.74, 6) is -0.0900. The highest BCUT2D eigenvalue weighted by atomic mass is 16.6. The molecule has 0 saturated heterocycles. The second-order valence-electron chi connectivity index (χ2n) is 3.57. The van der Waals surface area contributed by atoms with E-state index in [0.29, 0.717) is 6.29 Å². The van der Waals surface area contributed by atoms with Crippen molar-refractivity contribution in [1.82, 2.24) is 9.97 Å². The third-order valence-corrected chi connectivity index (χ3v) is 2.27. The van der Waals surface area contributed by atoms with Gasteiger partial charge in [-0.3, -0.25) is 14.9 Å². The van der Waals surface area contributed by atoms with Crippen LogP contribution in [0.25, 0.3) is 0 Å². The average molecular weight is 270 g/mol. The maximum atomic E-state index is 10.9. The van der Waals surface area contributed by atoms with E-state index in [-0.39, 0.29) is 28.6 Å². The van der Waals surface area contributed by atoms with Gasteiger partial charge in [0, 0.05) is 18.5 Å². The molecule has 0 atom stereocenters. The minimum absolute atomic E-state index is 0.0900. The molecule has 1 aromatic carbocycles. The van der Waals surface area contributed by atoms with Gasteiger partial charge in [-0.1, -0.05) is 0 Å². The molecular formula is C12H6N4O4. The van der Waals surface area contributed by atoms with Crippen molar-refractivity contribution >= 4 is 12.0 Å². The van der Waals surface area contributed by atoms with Crippen molar-refractivity contribution in [2.45, 2.75) is 0 Å². The van der Waals surface area contributed by atoms with Gasteiger partial charge < -0.3 is 4.74 Å². The summed E-state index contributed by atoms with van der Waals surface area (Å²) >= 11 is 0. The van der Waals surface area contributed by atoms with Crippen LogP contribution in [0.5, 0.6) is 11.8 Å². The standard InChI is InChI=1S/C12H6N4O4/c13-4-8-1-2-11(10(3-8)16(18)19)20-12-14-5-9(7-17)6-15-12/h1-3,5-7H. The zero-order valence-corrected chi connectivity index (χ0v) is 9.89. The zero-order valence-electron chi connectivity index (χ0n) is 9.89. The monoisotopic (exact) mass is 270 g/mol. The maximum absolute atomic E-state index is 10.9. The third kappa shape index (κ3) is 2.73. The number of nitro groups is 1. The number of ether oxygens (including phenoxy) is 1. The van der Waals surface area contributed by atoms with Crippen molar-refractivity contribution in [2.75, 3.05) is 0 Å². The fourth-order valence-corrected chi connectivity index (χ4v) is 1.35. The number of carbonyl (C=O) groups excluding carboxylic acids is 1. The Morgan fingerprint density at radius 3 is 2.60 bits per heavy atom. The molecule has 8 nitrogen and oxygen atoms in total. The first kappa shape index (κ1) is 13.1. The van der Waals surface area contributed by atoms with Crippen molar-refractivity contribution in [2.24, 2.45) is 0 Å². The predicted molar refractivity (Wildman–Crippen MR) is 65.3 cm³/mol. The second kappa shape index (κ2) is 5.53. The number of benzene rings is 1. The van der Waals surface area contributed by atoms with E-state index in [0.717, 1.165) is 6.07 Å². The summed E-state index contributed by atoms with van der Waals surface area (Å²) in [6, 6.07) is 5.42. The second-order valence-corrected chi connectivity index (χ2v) is 3.57. The van der Waals surface area contributed by atoms with E-state index < -0.39 is 4.92 Å². The van der Waals surface area contributed by atoms with E-state index in [2.05, 4.69) is 9.97 Å². The molecule has 1 aromatic heterocycles. The number of hydrogen-bond donors (Lipinski definition) is 0. The van der Waals surface area contributed by atoms with E-state index in [4.69, 9.17) is 10.00 Å². The number of hydrogen-bond acceptors (Lipinski definition) is 7. The summed E-state index contributed by atoms with van der Waals surface area (Å²) in [5.41, 5.74) is 0.0278. The minimum Gasteiger partial charge on any atom is -0.417 e. The summed E-state index contributed by atoms with van der Waals surface area (Å²) in [4.78, 5) is 28.2. The molecule has 0 aliphatic rings. The molecule has 2 aromatic rings. The molecule has 20 heavy (non-hydrogen) atoms. The van der Waals surface area contributed by atoms with Crippen LogP contribution in [-0.2, 0) is 0 Å². The highest BCUT2D eigenvalue weighted by Crippen LogP contribution is 2.30. The molecule has 0 N–H and O–H groups in total. The Balaban J connectivity index is 2.34. The van der Waals surface area contributed by atoms with E-state index >= 15 is 0 Å². The maximum Gasteiger partial charge on any atom is 0.322 e. The van der Waals surface area contributed by atoms with Crippen LogP contribution in [0, 0.1) is 21.4 Å². The van der Waals surface area contributed by atoms with Crippen molar-refractivity contribution in [3.63, 3.8) is 0 Å². The molecule has 0 bridgehead atoms. The summed E-state index contributed by atoms with van der Waals surface area (Å²) < 4.78 is 5.18. The number of aldehydes is 1. The number of nitrogens with zero attached hydrogens (tertiary/aromatic N) is 4. The van der Waals surface area contributed by atoms with Crippen molar-refractivity contribution in [3.8, 4) is 17.8 Å². The van der Waals surface area contributed by atoms with Crippen LogP contribution in [0.4, 0.5) is 5.69 Å². The first-order valence-corrected chi connectivity index (χ1v) is 5.27. The number of aromatic nitrogens is 2. The minimum atomic E-state index is -0.671. The number of rotatable bonds is 4. The fourth-order valence-electron chi connectivity index (χ4n) is 1.35. The molecule has 0 aliphatic heterocycles. The fraction of sp³-hybridized carbons (Fsp3) is 0. The van der Waals surface area contributed by atoms with Crippen molar-refractivity contribution in [3.05, 3.63) is 51.8 Å². The Hall–Kier alpha value is -3.34. The van der Waals surface area contributed by atoms with Gasteiger partial charge in [-0.15, -0.1) is 0 Å². The predicted octanol–water partition coefficient (Wildman–Crippen LogP) is 1.86. The van der Waals surface area contributed by atoms with Gasteiger partial charge in [-0.25, -0.2) is 9.97 Å². The molecule has 0 amide bonds. The SMILES string of the molecule is N#Cc1ccc(Oc2ncc(C=O)cn2)c([N+](=O)[O-])c1. The molecule has 2 rings (SSSR count). The van der Waals surface area contributed by atoms with Crippen LogP contribution in [-0.4, -0.2) is 21.2 Å². The number of nitro benzene ring substituents is 1. The first-order valence-electron chi connectivity index (χ1n) is 5.27. The van der Waals surface area contributed by atoms with Crippen LogP contribution in [0.2, 0.25) is 0 Å². The molecule has 0 aliphatic carbocycles. The van der Waals surface area contributed by atoms with E-state index in [1.54, 1.807) is 6.07 Å². The Morgan fingerprint density at radius 2 is 2.05 bits per heavy atom. The quantitative estimate of drug-likeness (QED) is 0.472. The lowest BCUT2D eigenvalue weighted by Gasteiger charge is -2.04. The van der Waals surface area contributed by atoms with Crippen LogP contribution in [0.15, 0.2) is 30.6 Å². The summed E-state index contributed by atoms with van der Waals surface area (Å²) in [6.07, 6.45) is 3.02. The highest BCUT2D eigenvalue weighted by Gasteiger charge is 2.17. The molecule has 0 spiro atoms. The Morgan fingerprint density at radius 1 is 1.35 bits per heavy atom. The molecular weight excluding hydrogens is 264 g/mol. The molecule has 1 heterocycles. The zero-order chi connectivity index (χ0) is 14.5. The average Bonchev–Trinajstić information content (AvgIpc) is 2.48. The lowest BCUT2D eigenvalue weighted by molar-refractivity contribution is -0.385. The van der Waals surface area contributed by atoms with Gasteiger partial charge in [0.1, 0.15) is 0 Å². The van der Waals surface area contributed by atoms with Gasteiger partial charge >= 0.3 is 11.7 Å². The Labute approximate surface area is 112 Å². The lowest BCUT2D eigenvalue weighted by Crippen LogP contribution is -1.97. The van der Waals surface area contributed by atoms with Crippen LogP contribution < -0.4 is 4.74 Å². The van der Waals surface area contributed by atoms with Crippen LogP contribution in [0.1, 0.15) is 15.9 Å². The summed E-state index contributed by atoms with van der Waals surface area (Å²) in [6.45, 7) is 0. The van der Waals surface area contributed by atoms with Crippen LogP contribution >= 0.6 is 0 Å². The van der Waals surface area contributed by atoms with E-state index in [1.165, 1.54) is 24.5 Å². The largest absolute Gasteiger partial charge is 0.417 e. The lowest BCUT2D eigenvalue weighted by atomic mass is 10.2. The molecule has 0 fully saturated rings. The molecule has 98 valence electrons. The smallest absolute Gasteiger partial charge is 0.322 e. The van der Waals surface area contributed by atoms with E-state index in [1.807, 2.05) is 0 Å². The topological polar surface area (TPSA) is 119 Å². The molecule has 0 radical (unpaired) electrons. The Bertz CT molecular complexity index is 706. The van der Waals surface area contributed by atoms with Gasteiger partial charge in [0.25, 0.3) is 0 Å². The number of nitriles is 1. The van der Waals surface area contributed by atoms with Crippen molar-refractivity contribution in [1.29, 1.82) is 5.26 Å². The first-order chi connectivity index (χ1) is 9.63. The molecule has 0 unspecified atom stereocenters. The third-order valence-electron chi connectivity index (χ3n) is 2.27. The summed E-state index contributed by atoms with van der Waals surface area (Å²) in [7, 11) is 0.